The van der Waals surface area contributed by atoms with E-state index in [-0.39, 0.29) is 7.43 Å². The van der Waals surface area contributed by atoms with Crippen LogP contribution in [0.1, 0.15) is 24.1 Å². The molecule has 0 saturated heterocycles. The molecule has 0 aliphatic rings. The van der Waals surface area contributed by atoms with Crippen LogP contribution in [0.15, 0.2) is 42.7 Å². The monoisotopic (exact) mass is 330 g/mol. The summed E-state index contributed by atoms with van der Waals surface area (Å²) < 4.78 is 12.0. The first-order valence-electron chi connectivity index (χ1n) is 7.30. The normalized spacial score (nSPS) is 9.50. The van der Waals surface area contributed by atoms with Gasteiger partial charge in [-0.1, -0.05) is 37.8 Å². The van der Waals surface area contributed by atoms with Crippen LogP contribution in [0.4, 0.5) is 0 Å². The Bertz CT molecular complexity index is 720. The fourth-order valence-electron chi connectivity index (χ4n) is 2.14. The number of nitrogens with zero attached hydrogens (tertiary/aromatic N) is 3. The average molecular weight is 330 g/mol. The van der Waals surface area contributed by atoms with E-state index in [1.54, 1.807) is 20.4 Å². The lowest BCUT2D eigenvalue weighted by atomic mass is 10.2. The number of aromatic nitrogens is 4. The standard InChI is InChI=1S/C12H14N2O.C5H8N2O.CH4/c1-10-8-13-14(12(10)15-2)9-11-6-4-3-5-7-11;1-4-3-6-7-5(4)8-2;/h3-8H,9H2,1-2H3;3H,1-2H3,(H,6,7);1H4. The molecule has 6 nitrogen and oxygen atoms in total. The number of benzene rings is 1. The first-order chi connectivity index (χ1) is 11.2. The quantitative estimate of drug-likeness (QED) is 0.793. The summed E-state index contributed by atoms with van der Waals surface area (Å²) >= 11 is 0. The molecule has 1 aromatic carbocycles. The van der Waals surface area contributed by atoms with Crippen LogP contribution >= 0.6 is 0 Å². The molecule has 2 heterocycles. The lowest BCUT2D eigenvalue weighted by molar-refractivity contribution is 0.364. The summed E-state index contributed by atoms with van der Waals surface area (Å²) in [4.78, 5) is 0. The van der Waals surface area contributed by atoms with Crippen molar-refractivity contribution < 1.29 is 9.47 Å². The Morgan fingerprint density at radius 3 is 2.21 bits per heavy atom. The minimum atomic E-state index is 0. The fourth-order valence-corrected chi connectivity index (χ4v) is 2.14. The van der Waals surface area contributed by atoms with Crippen LogP contribution < -0.4 is 9.47 Å². The van der Waals surface area contributed by atoms with E-state index in [1.165, 1.54) is 5.56 Å². The van der Waals surface area contributed by atoms with Crippen LogP contribution in [0.5, 0.6) is 11.8 Å². The molecule has 0 unspecified atom stereocenters. The molecule has 6 heteroatoms. The van der Waals surface area contributed by atoms with Gasteiger partial charge >= 0.3 is 0 Å². The highest BCUT2D eigenvalue weighted by Gasteiger charge is 2.07. The highest BCUT2D eigenvalue weighted by atomic mass is 16.5. The summed E-state index contributed by atoms with van der Waals surface area (Å²) in [5.74, 6) is 1.57. The van der Waals surface area contributed by atoms with Gasteiger partial charge in [-0.25, -0.2) is 9.78 Å². The number of aryl methyl sites for hydroxylation is 2. The van der Waals surface area contributed by atoms with Crippen molar-refractivity contribution in [2.24, 2.45) is 0 Å². The number of aromatic amines is 1. The van der Waals surface area contributed by atoms with Crippen molar-refractivity contribution in [1.29, 1.82) is 0 Å². The van der Waals surface area contributed by atoms with Crippen LogP contribution in [0.2, 0.25) is 0 Å². The first-order valence-corrected chi connectivity index (χ1v) is 7.30. The van der Waals surface area contributed by atoms with Crippen molar-refractivity contribution in [2.45, 2.75) is 27.8 Å². The molecule has 0 bridgehead atoms. The zero-order chi connectivity index (χ0) is 16.7. The molecule has 3 aromatic rings. The van der Waals surface area contributed by atoms with Crippen LogP contribution in [0, 0.1) is 13.8 Å². The maximum Gasteiger partial charge on any atom is 0.214 e. The molecule has 0 radical (unpaired) electrons. The lowest BCUT2D eigenvalue weighted by Gasteiger charge is -2.06. The summed E-state index contributed by atoms with van der Waals surface area (Å²) in [6, 6.07) is 10.2. The number of methoxy groups -OCH3 is 2. The average Bonchev–Trinajstić information content (AvgIpc) is 3.14. The molecule has 0 saturated carbocycles. The van der Waals surface area contributed by atoms with E-state index in [4.69, 9.17) is 9.47 Å². The van der Waals surface area contributed by atoms with Gasteiger partial charge in [0.15, 0.2) is 0 Å². The van der Waals surface area contributed by atoms with Gasteiger partial charge in [0.1, 0.15) is 0 Å². The van der Waals surface area contributed by atoms with Crippen molar-refractivity contribution in [1.82, 2.24) is 20.0 Å². The van der Waals surface area contributed by atoms with Gasteiger partial charge in [0.05, 0.1) is 33.2 Å². The van der Waals surface area contributed by atoms with E-state index >= 15 is 0 Å². The van der Waals surface area contributed by atoms with Gasteiger partial charge in [-0.2, -0.15) is 10.2 Å². The smallest absolute Gasteiger partial charge is 0.214 e. The molecule has 0 aliphatic heterocycles. The van der Waals surface area contributed by atoms with Crippen LogP contribution in [-0.4, -0.2) is 34.2 Å². The van der Waals surface area contributed by atoms with E-state index in [9.17, 15) is 0 Å². The number of hydrogen-bond donors (Lipinski definition) is 1. The Kier molecular flexibility index (Phi) is 7.55. The van der Waals surface area contributed by atoms with Gasteiger partial charge in [-0.3, -0.25) is 0 Å². The molecule has 0 fully saturated rings. The number of hydrogen-bond acceptors (Lipinski definition) is 4. The zero-order valence-corrected chi connectivity index (χ0v) is 13.9. The third kappa shape index (κ3) is 4.87. The molecule has 3 rings (SSSR count). The largest absolute Gasteiger partial charge is 0.481 e. The second kappa shape index (κ2) is 9.39. The predicted molar refractivity (Wildman–Crippen MR) is 95.7 cm³/mol. The van der Waals surface area contributed by atoms with Crippen molar-refractivity contribution >= 4 is 0 Å². The van der Waals surface area contributed by atoms with Gasteiger partial charge in [-0.15, -0.1) is 0 Å². The topological polar surface area (TPSA) is 65.0 Å². The Hall–Kier alpha value is -2.76. The van der Waals surface area contributed by atoms with Crippen molar-refractivity contribution in [3.05, 3.63) is 59.4 Å². The molecular weight excluding hydrogens is 304 g/mol. The Morgan fingerprint density at radius 2 is 1.71 bits per heavy atom. The number of nitrogens with one attached hydrogen (secondary N) is 1. The minimum absolute atomic E-state index is 0. The predicted octanol–water partition coefficient (Wildman–Crippen LogP) is 3.61. The molecule has 130 valence electrons. The van der Waals surface area contributed by atoms with Gasteiger partial charge in [0.25, 0.3) is 0 Å². The van der Waals surface area contributed by atoms with E-state index in [0.29, 0.717) is 0 Å². The molecule has 1 N–H and O–H groups in total. The third-order valence-electron chi connectivity index (χ3n) is 3.32. The number of ether oxygens (including phenoxy) is 2. The van der Waals surface area contributed by atoms with Gasteiger partial charge < -0.3 is 9.47 Å². The first kappa shape index (κ1) is 19.3. The Morgan fingerprint density at radius 1 is 1.00 bits per heavy atom. The summed E-state index contributed by atoms with van der Waals surface area (Å²) in [6.45, 7) is 4.67. The van der Waals surface area contributed by atoms with Crippen molar-refractivity contribution in [2.75, 3.05) is 14.2 Å². The second-order valence-corrected chi connectivity index (χ2v) is 5.07. The molecule has 0 amide bonds. The number of rotatable bonds is 4. The van der Waals surface area contributed by atoms with Gasteiger partial charge in [-0.05, 0) is 19.4 Å². The molecule has 24 heavy (non-hydrogen) atoms. The highest BCUT2D eigenvalue weighted by Crippen LogP contribution is 2.17. The maximum absolute atomic E-state index is 5.29. The summed E-state index contributed by atoms with van der Waals surface area (Å²) in [5, 5.41) is 10.7. The van der Waals surface area contributed by atoms with E-state index in [2.05, 4.69) is 27.4 Å². The maximum atomic E-state index is 5.29. The van der Waals surface area contributed by atoms with E-state index < -0.39 is 0 Å². The zero-order valence-electron chi connectivity index (χ0n) is 13.9. The highest BCUT2D eigenvalue weighted by molar-refractivity contribution is 5.24. The van der Waals surface area contributed by atoms with Crippen LogP contribution in [-0.2, 0) is 6.54 Å². The molecule has 2 aromatic heterocycles. The summed E-state index contributed by atoms with van der Waals surface area (Å²) in [5.41, 5.74) is 3.32. The Labute approximate surface area is 143 Å². The van der Waals surface area contributed by atoms with E-state index in [0.717, 1.165) is 29.4 Å². The van der Waals surface area contributed by atoms with Gasteiger partial charge in [0, 0.05) is 11.1 Å². The summed E-state index contributed by atoms with van der Waals surface area (Å²) in [6.07, 6.45) is 3.54. The molecular formula is C18H26N4O2. The SMILES string of the molecule is C.COc1[nH]ncc1C.COc1c(C)cnn1Cc1ccccc1. The van der Waals surface area contributed by atoms with Crippen molar-refractivity contribution in [3.8, 4) is 11.8 Å². The van der Waals surface area contributed by atoms with Crippen LogP contribution in [0.3, 0.4) is 0 Å². The second-order valence-electron chi connectivity index (χ2n) is 5.07. The van der Waals surface area contributed by atoms with Gasteiger partial charge in [0.2, 0.25) is 11.8 Å². The van der Waals surface area contributed by atoms with E-state index in [1.807, 2.05) is 42.9 Å². The molecule has 0 atom stereocenters. The molecule has 0 aliphatic carbocycles. The molecule has 0 spiro atoms. The summed E-state index contributed by atoms with van der Waals surface area (Å²) in [7, 11) is 3.28. The number of H-pyrrole nitrogens is 1. The lowest BCUT2D eigenvalue weighted by Crippen LogP contribution is -2.04. The minimum Gasteiger partial charge on any atom is -0.481 e. The Balaban J connectivity index is 0.000000273. The fraction of sp³-hybridized carbons (Fsp3) is 0.333. The third-order valence-corrected chi connectivity index (χ3v) is 3.32. The van der Waals surface area contributed by atoms with Crippen LogP contribution in [0.25, 0.3) is 0 Å². The van der Waals surface area contributed by atoms with Crippen molar-refractivity contribution in [3.63, 3.8) is 0 Å².